The highest BCUT2D eigenvalue weighted by molar-refractivity contribution is 5.66. The summed E-state index contributed by atoms with van der Waals surface area (Å²) in [6.07, 6.45) is 0.0770. The normalized spacial score (nSPS) is 54.6. The Labute approximate surface area is 166 Å². The molecule has 2 bridgehead atoms. The Hall–Kier alpha value is -0.950. The van der Waals surface area contributed by atoms with E-state index in [1.54, 1.807) is 20.8 Å². The Morgan fingerprint density at radius 3 is 2.39 bits per heavy atom. The van der Waals surface area contributed by atoms with Crippen molar-refractivity contribution in [3.8, 4) is 0 Å². The van der Waals surface area contributed by atoms with Crippen molar-refractivity contribution < 1.29 is 30.0 Å². The maximum Gasteiger partial charge on any atom is 0.303 e. The number of carbonyl (C=O) groups is 1. The second-order valence-corrected chi connectivity index (χ2v) is 10.7. The molecular weight excluding hydrogens is 360 g/mol. The zero-order chi connectivity index (χ0) is 20.9. The molecule has 28 heavy (non-hydrogen) atoms. The molecule has 4 fully saturated rings. The molecule has 0 heterocycles. The summed E-state index contributed by atoms with van der Waals surface area (Å²) in [7, 11) is 0. The van der Waals surface area contributed by atoms with Gasteiger partial charge >= 0.3 is 5.97 Å². The van der Waals surface area contributed by atoms with E-state index in [1.165, 1.54) is 6.92 Å². The first kappa shape index (κ1) is 20.3. The van der Waals surface area contributed by atoms with Crippen LogP contribution in [-0.4, -0.2) is 55.9 Å². The Morgan fingerprint density at radius 2 is 1.79 bits per heavy atom. The average molecular weight is 395 g/mol. The van der Waals surface area contributed by atoms with Crippen molar-refractivity contribution >= 4 is 5.97 Å². The Morgan fingerprint density at radius 1 is 1.14 bits per heavy atom. The van der Waals surface area contributed by atoms with Gasteiger partial charge in [-0.05, 0) is 44.9 Å². The molecule has 6 nitrogen and oxygen atoms in total. The molecule has 4 rings (SSSR count). The van der Waals surface area contributed by atoms with Gasteiger partial charge in [-0.15, -0.1) is 0 Å². The van der Waals surface area contributed by atoms with Gasteiger partial charge in [0.25, 0.3) is 0 Å². The van der Waals surface area contributed by atoms with Crippen molar-refractivity contribution in [3.63, 3.8) is 0 Å². The molecule has 4 aliphatic rings. The summed E-state index contributed by atoms with van der Waals surface area (Å²) >= 11 is 0. The number of carbonyl (C=O) groups excluding carboxylic acids is 1. The Balaban J connectivity index is 1.89. The number of fused-ring (bicyclic) bond motifs is 2. The second kappa shape index (κ2) is 5.81. The van der Waals surface area contributed by atoms with E-state index >= 15 is 0 Å². The van der Waals surface area contributed by atoms with Gasteiger partial charge in [0.2, 0.25) is 0 Å². The van der Waals surface area contributed by atoms with Crippen LogP contribution in [0.3, 0.4) is 0 Å². The Kier molecular flexibility index (Phi) is 4.22. The first-order valence-corrected chi connectivity index (χ1v) is 10.5. The quantitative estimate of drug-likeness (QED) is 0.397. The van der Waals surface area contributed by atoms with Gasteiger partial charge < -0.3 is 25.2 Å². The van der Waals surface area contributed by atoms with Crippen LogP contribution < -0.4 is 0 Å². The lowest BCUT2D eigenvalue weighted by Crippen LogP contribution is -2.58. The van der Waals surface area contributed by atoms with Crippen LogP contribution in [0.5, 0.6) is 0 Å². The minimum Gasteiger partial charge on any atom is -0.459 e. The van der Waals surface area contributed by atoms with Gasteiger partial charge in [0, 0.05) is 29.6 Å². The van der Waals surface area contributed by atoms with Gasteiger partial charge in [0.05, 0.1) is 17.8 Å². The molecule has 0 aromatic carbocycles. The number of aliphatic hydroxyl groups is 4. The highest BCUT2D eigenvalue weighted by atomic mass is 16.6. The van der Waals surface area contributed by atoms with Crippen molar-refractivity contribution in [2.45, 2.75) is 89.3 Å². The molecule has 0 aromatic heterocycles. The van der Waals surface area contributed by atoms with Crippen molar-refractivity contribution in [3.05, 3.63) is 12.2 Å². The lowest BCUT2D eigenvalue weighted by molar-refractivity contribution is -0.198. The number of hydrogen-bond donors (Lipinski definition) is 4. The van der Waals surface area contributed by atoms with Crippen LogP contribution in [0.4, 0.5) is 0 Å². The highest BCUT2D eigenvalue weighted by Gasteiger charge is 2.73. The molecule has 0 saturated heterocycles. The lowest BCUT2D eigenvalue weighted by Gasteiger charge is -2.47. The minimum atomic E-state index is -1.48. The molecule has 0 aliphatic heterocycles. The number of esters is 1. The fraction of sp³-hybridized carbons (Fsp3) is 0.864. The molecule has 158 valence electrons. The maximum atomic E-state index is 12.0. The minimum absolute atomic E-state index is 0.0918. The van der Waals surface area contributed by atoms with E-state index in [2.05, 4.69) is 6.58 Å². The monoisotopic (exact) mass is 394 g/mol. The van der Waals surface area contributed by atoms with Crippen LogP contribution in [0.25, 0.3) is 0 Å². The van der Waals surface area contributed by atoms with E-state index in [9.17, 15) is 25.2 Å². The fourth-order valence-electron chi connectivity index (χ4n) is 7.53. The molecule has 0 aromatic rings. The van der Waals surface area contributed by atoms with E-state index in [0.29, 0.717) is 19.3 Å². The molecule has 4 N–H and O–H groups in total. The maximum absolute atomic E-state index is 12.0. The molecule has 2 unspecified atom stereocenters. The molecule has 4 saturated carbocycles. The smallest absolute Gasteiger partial charge is 0.303 e. The third kappa shape index (κ3) is 2.26. The van der Waals surface area contributed by atoms with E-state index in [-0.39, 0.29) is 18.3 Å². The first-order valence-electron chi connectivity index (χ1n) is 10.5. The van der Waals surface area contributed by atoms with E-state index < -0.39 is 52.2 Å². The van der Waals surface area contributed by atoms with Crippen molar-refractivity contribution in [1.29, 1.82) is 0 Å². The van der Waals surface area contributed by atoms with Crippen LogP contribution in [-0.2, 0) is 9.53 Å². The van der Waals surface area contributed by atoms with Crippen LogP contribution in [0.15, 0.2) is 12.2 Å². The van der Waals surface area contributed by atoms with Crippen LogP contribution in [0, 0.1) is 28.6 Å². The Bertz CT molecular complexity index is 714. The predicted octanol–water partition coefficient (Wildman–Crippen LogP) is 1.54. The zero-order valence-electron chi connectivity index (χ0n) is 17.3. The topological polar surface area (TPSA) is 107 Å². The van der Waals surface area contributed by atoms with Gasteiger partial charge in [-0.2, -0.15) is 0 Å². The highest BCUT2D eigenvalue weighted by Crippen LogP contribution is 2.69. The zero-order valence-corrected chi connectivity index (χ0v) is 17.3. The van der Waals surface area contributed by atoms with Crippen molar-refractivity contribution in [2.24, 2.45) is 28.6 Å². The summed E-state index contributed by atoms with van der Waals surface area (Å²) in [6.45, 7) is 11.0. The van der Waals surface area contributed by atoms with Gasteiger partial charge in [0.15, 0.2) is 0 Å². The second-order valence-electron chi connectivity index (χ2n) is 10.7. The van der Waals surface area contributed by atoms with E-state index in [4.69, 9.17) is 4.74 Å². The molecule has 9 atom stereocenters. The first-order chi connectivity index (χ1) is 12.8. The molecular formula is C22H34O6. The van der Waals surface area contributed by atoms with Gasteiger partial charge in [-0.25, -0.2) is 0 Å². The average Bonchev–Trinajstić information content (AvgIpc) is 2.77. The number of aliphatic hydroxyl groups excluding tert-OH is 2. The summed E-state index contributed by atoms with van der Waals surface area (Å²) in [5.41, 5.74) is -3.27. The predicted molar refractivity (Wildman–Crippen MR) is 102 cm³/mol. The number of hydrogen-bond acceptors (Lipinski definition) is 6. The lowest BCUT2D eigenvalue weighted by atomic mass is 9.61. The fourth-order valence-corrected chi connectivity index (χ4v) is 7.53. The standard InChI is InChI=1S/C22H34O6/c1-11-13-6-7-14-18(25)21(13,10-20(14,5)26)9-17(28-12(2)23)22(27)15(11)8-16(24)19(22,3)4/h13-18,24-27H,1,6-10H2,2-5H3/t13-,14?,15-,16-,17-,18-,20+,21?,22-/m0/s1. The van der Waals surface area contributed by atoms with Gasteiger partial charge in [-0.1, -0.05) is 26.0 Å². The van der Waals surface area contributed by atoms with Crippen LogP contribution in [0.2, 0.25) is 0 Å². The van der Waals surface area contributed by atoms with Crippen LogP contribution in [0.1, 0.15) is 59.8 Å². The molecule has 6 heteroatoms. The number of rotatable bonds is 1. The molecule has 1 spiro atoms. The van der Waals surface area contributed by atoms with Crippen LogP contribution >= 0.6 is 0 Å². The van der Waals surface area contributed by atoms with Crippen molar-refractivity contribution in [2.75, 3.05) is 0 Å². The van der Waals surface area contributed by atoms with E-state index in [1.807, 2.05) is 0 Å². The summed E-state index contributed by atoms with van der Waals surface area (Å²) in [5.74, 6) is -1.26. The molecule has 0 radical (unpaired) electrons. The molecule has 4 aliphatic carbocycles. The van der Waals surface area contributed by atoms with E-state index in [0.717, 1.165) is 12.0 Å². The van der Waals surface area contributed by atoms with Gasteiger partial charge in [-0.3, -0.25) is 4.79 Å². The third-order valence-electron chi connectivity index (χ3n) is 9.03. The summed E-state index contributed by atoms with van der Waals surface area (Å²) < 4.78 is 5.70. The summed E-state index contributed by atoms with van der Waals surface area (Å²) in [4.78, 5) is 12.0. The largest absolute Gasteiger partial charge is 0.459 e. The summed E-state index contributed by atoms with van der Waals surface area (Å²) in [5, 5.41) is 45.1. The summed E-state index contributed by atoms with van der Waals surface area (Å²) in [6, 6.07) is 0. The molecule has 0 amide bonds. The number of ether oxygens (including phenoxy) is 1. The van der Waals surface area contributed by atoms with Gasteiger partial charge in [0.1, 0.15) is 11.7 Å². The SMILES string of the molecule is C=C1[C@@H]2CCC3[C@H](O)C2(C[C@H](OC(C)=O)[C@@]2(O)[C@H]1C[C@H](O)C2(C)C)C[C@@]3(C)O. The van der Waals surface area contributed by atoms with Crippen molar-refractivity contribution in [1.82, 2.24) is 0 Å². The third-order valence-corrected chi connectivity index (χ3v) is 9.03.